The van der Waals surface area contributed by atoms with Crippen molar-refractivity contribution in [3.63, 3.8) is 0 Å². The summed E-state index contributed by atoms with van der Waals surface area (Å²) in [4.78, 5) is 27.9. The molecular formula is C18H28N4O2. The van der Waals surface area contributed by atoms with Crippen molar-refractivity contribution in [2.75, 3.05) is 45.2 Å². The smallest absolute Gasteiger partial charge is 0.309 e. The van der Waals surface area contributed by atoms with E-state index in [-0.39, 0.29) is 6.04 Å². The first-order valence-corrected chi connectivity index (χ1v) is 8.60. The van der Waals surface area contributed by atoms with Gasteiger partial charge in [0.25, 0.3) is 0 Å². The molecule has 132 valence electrons. The van der Waals surface area contributed by atoms with Crippen LogP contribution < -0.4 is 15.5 Å². The Labute approximate surface area is 144 Å². The van der Waals surface area contributed by atoms with Crippen LogP contribution in [0.1, 0.15) is 31.4 Å². The van der Waals surface area contributed by atoms with Gasteiger partial charge in [-0.05, 0) is 50.6 Å². The maximum absolute atomic E-state index is 11.9. The van der Waals surface area contributed by atoms with E-state index >= 15 is 0 Å². The molecule has 0 aromatic heterocycles. The molecule has 0 aliphatic carbocycles. The van der Waals surface area contributed by atoms with Gasteiger partial charge in [-0.15, -0.1) is 0 Å². The van der Waals surface area contributed by atoms with Crippen molar-refractivity contribution in [2.45, 2.75) is 25.8 Å². The maximum atomic E-state index is 11.9. The molecule has 2 rings (SSSR count). The van der Waals surface area contributed by atoms with Crippen LogP contribution in [0.25, 0.3) is 0 Å². The second-order valence-corrected chi connectivity index (χ2v) is 6.31. The minimum absolute atomic E-state index is 0.0992. The standard InChI is InChI=1S/C18H28N4O2/c1-4-19-17(23)18(24)20-13-16(22-11-5-6-12-22)14-7-9-15(10-8-14)21(2)3/h7-10,16H,4-6,11-13H2,1-3H3,(H,19,23)(H,20,24). The summed E-state index contributed by atoms with van der Waals surface area (Å²) in [6, 6.07) is 8.49. The highest BCUT2D eigenvalue weighted by Crippen LogP contribution is 2.26. The van der Waals surface area contributed by atoms with E-state index in [2.05, 4.69) is 44.7 Å². The zero-order chi connectivity index (χ0) is 17.5. The number of nitrogens with one attached hydrogen (secondary N) is 2. The van der Waals surface area contributed by atoms with Gasteiger partial charge in [-0.2, -0.15) is 0 Å². The topological polar surface area (TPSA) is 64.7 Å². The zero-order valence-corrected chi connectivity index (χ0v) is 14.8. The van der Waals surface area contributed by atoms with Gasteiger partial charge >= 0.3 is 11.8 Å². The molecule has 1 aliphatic rings. The average molecular weight is 332 g/mol. The number of carbonyl (C=O) groups is 2. The number of rotatable bonds is 6. The molecule has 0 saturated carbocycles. The fourth-order valence-corrected chi connectivity index (χ4v) is 3.02. The number of hydrogen-bond acceptors (Lipinski definition) is 4. The number of nitrogens with zero attached hydrogens (tertiary/aromatic N) is 2. The van der Waals surface area contributed by atoms with E-state index in [0.717, 1.165) is 18.8 Å². The summed E-state index contributed by atoms with van der Waals surface area (Å²) in [5.41, 5.74) is 2.31. The summed E-state index contributed by atoms with van der Waals surface area (Å²) in [7, 11) is 4.03. The molecule has 1 aliphatic heterocycles. The van der Waals surface area contributed by atoms with Crippen LogP contribution in [-0.4, -0.2) is 57.0 Å². The molecule has 1 heterocycles. The van der Waals surface area contributed by atoms with E-state index in [1.54, 1.807) is 6.92 Å². The zero-order valence-electron chi connectivity index (χ0n) is 14.8. The summed E-state index contributed by atoms with van der Waals surface area (Å²) in [6.45, 7) is 4.74. The number of likely N-dealkylation sites (tertiary alicyclic amines) is 1. The monoisotopic (exact) mass is 332 g/mol. The number of amides is 2. The number of hydrogen-bond donors (Lipinski definition) is 2. The summed E-state index contributed by atoms with van der Waals surface area (Å²) in [5, 5.41) is 5.31. The van der Waals surface area contributed by atoms with Crippen LogP contribution in [-0.2, 0) is 9.59 Å². The number of benzene rings is 1. The highest BCUT2D eigenvalue weighted by Gasteiger charge is 2.25. The predicted molar refractivity (Wildman–Crippen MR) is 96.0 cm³/mol. The van der Waals surface area contributed by atoms with Crippen molar-refractivity contribution >= 4 is 17.5 Å². The number of carbonyl (C=O) groups excluding carboxylic acids is 2. The van der Waals surface area contributed by atoms with Crippen molar-refractivity contribution in [2.24, 2.45) is 0 Å². The molecular weight excluding hydrogens is 304 g/mol. The molecule has 1 saturated heterocycles. The third-order valence-electron chi connectivity index (χ3n) is 4.38. The summed E-state index contributed by atoms with van der Waals surface area (Å²) >= 11 is 0. The Hall–Kier alpha value is -2.08. The molecule has 1 aromatic carbocycles. The molecule has 0 radical (unpaired) electrons. The van der Waals surface area contributed by atoms with Gasteiger partial charge in [0.1, 0.15) is 0 Å². The van der Waals surface area contributed by atoms with Gasteiger partial charge in [-0.25, -0.2) is 0 Å². The third-order valence-corrected chi connectivity index (χ3v) is 4.38. The van der Waals surface area contributed by atoms with Crippen LogP contribution in [0.15, 0.2) is 24.3 Å². The predicted octanol–water partition coefficient (Wildman–Crippen LogP) is 1.14. The first-order chi connectivity index (χ1) is 11.5. The van der Waals surface area contributed by atoms with Gasteiger partial charge in [0, 0.05) is 32.9 Å². The van der Waals surface area contributed by atoms with Crippen LogP contribution in [0.3, 0.4) is 0 Å². The van der Waals surface area contributed by atoms with Crippen molar-refractivity contribution < 1.29 is 9.59 Å². The largest absolute Gasteiger partial charge is 0.378 e. The van der Waals surface area contributed by atoms with Crippen LogP contribution >= 0.6 is 0 Å². The summed E-state index contributed by atoms with van der Waals surface area (Å²) in [5.74, 6) is -1.13. The van der Waals surface area contributed by atoms with Crippen molar-refractivity contribution in [3.05, 3.63) is 29.8 Å². The van der Waals surface area contributed by atoms with Crippen molar-refractivity contribution in [1.29, 1.82) is 0 Å². The average Bonchev–Trinajstić information content (AvgIpc) is 3.09. The van der Waals surface area contributed by atoms with E-state index in [0.29, 0.717) is 13.1 Å². The third kappa shape index (κ3) is 4.71. The molecule has 6 heteroatoms. The Kier molecular flexibility index (Phi) is 6.61. The normalized spacial score (nSPS) is 15.8. The second kappa shape index (κ2) is 8.68. The van der Waals surface area contributed by atoms with Gasteiger partial charge in [0.15, 0.2) is 0 Å². The van der Waals surface area contributed by atoms with Crippen LogP contribution in [0, 0.1) is 0 Å². The lowest BCUT2D eigenvalue weighted by Crippen LogP contribution is -2.43. The van der Waals surface area contributed by atoms with Gasteiger partial charge in [-0.1, -0.05) is 12.1 Å². The van der Waals surface area contributed by atoms with Gasteiger partial charge in [0.05, 0.1) is 6.04 Å². The molecule has 1 unspecified atom stereocenters. The van der Waals surface area contributed by atoms with Crippen LogP contribution in [0.4, 0.5) is 5.69 Å². The lowest BCUT2D eigenvalue weighted by molar-refractivity contribution is -0.139. The highest BCUT2D eigenvalue weighted by molar-refractivity contribution is 6.35. The lowest BCUT2D eigenvalue weighted by atomic mass is 10.0. The summed E-state index contributed by atoms with van der Waals surface area (Å²) < 4.78 is 0. The van der Waals surface area contributed by atoms with Gasteiger partial charge in [-0.3, -0.25) is 14.5 Å². The van der Waals surface area contributed by atoms with Crippen LogP contribution in [0.5, 0.6) is 0 Å². The van der Waals surface area contributed by atoms with Gasteiger partial charge in [0.2, 0.25) is 0 Å². The van der Waals surface area contributed by atoms with E-state index in [1.807, 2.05) is 14.1 Å². The molecule has 2 N–H and O–H groups in total. The number of likely N-dealkylation sites (N-methyl/N-ethyl adjacent to an activating group) is 1. The van der Waals surface area contributed by atoms with E-state index < -0.39 is 11.8 Å². The molecule has 24 heavy (non-hydrogen) atoms. The van der Waals surface area contributed by atoms with Crippen molar-refractivity contribution in [1.82, 2.24) is 15.5 Å². The van der Waals surface area contributed by atoms with Gasteiger partial charge < -0.3 is 15.5 Å². The SMILES string of the molecule is CCNC(=O)C(=O)NCC(c1ccc(N(C)C)cc1)N1CCCC1. The molecule has 1 fully saturated rings. The Morgan fingerprint density at radius 2 is 1.67 bits per heavy atom. The van der Waals surface area contributed by atoms with E-state index in [1.165, 1.54) is 18.4 Å². The van der Waals surface area contributed by atoms with E-state index in [4.69, 9.17) is 0 Å². The fraction of sp³-hybridized carbons (Fsp3) is 0.556. The molecule has 6 nitrogen and oxygen atoms in total. The lowest BCUT2D eigenvalue weighted by Gasteiger charge is -2.28. The Morgan fingerprint density at radius 1 is 1.08 bits per heavy atom. The quantitative estimate of drug-likeness (QED) is 0.767. The Balaban J connectivity index is 2.07. The minimum Gasteiger partial charge on any atom is -0.378 e. The highest BCUT2D eigenvalue weighted by atomic mass is 16.2. The first kappa shape index (κ1) is 18.3. The number of anilines is 1. The molecule has 1 atom stereocenters. The van der Waals surface area contributed by atoms with Crippen molar-refractivity contribution in [3.8, 4) is 0 Å². The Morgan fingerprint density at radius 3 is 2.21 bits per heavy atom. The summed E-state index contributed by atoms with van der Waals surface area (Å²) in [6.07, 6.45) is 2.35. The Bertz CT molecular complexity index is 551. The maximum Gasteiger partial charge on any atom is 0.309 e. The first-order valence-electron chi connectivity index (χ1n) is 8.60. The molecule has 0 bridgehead atoms. The second-order valence-electron chi connectivity index (χ2n) is 6.31. The molecule has 1 aromatic rings. The van der Waals surface area contributed by atoms with E-state index in [9.17, 15) is 9.59 Å². The van der Waals surface area contributed by atoms with Crippen LogP contribution in [0.2, 0.25) is 0 Å². The molecule has 0 spiro atoms. The minimum atomic E-state index is -0.569. The fourth-order valence-electron chi connectivity index (χ4n) is 3.02. The molecule has 2 amide bonds.